The summed E-state index contributed by atoms with van der Waals surface area (Å²) in [4.78, 5) is 12.2. The Balaban J connectivity index is 1.71. The van der Waals surface area contributed by atoms with Gasteiger partial charge in [0.2, 0.25) is 5.91 Å². The molecule has 0 aliphatic rings. The molecule has 29 heavy (non-hydrogen) atoms. The second-order valence-corrected chi connectivity index (χ2v) is 7.66. The molecule has 1 heterocycles. The van der Waals surface area contributed by atoms with Gasteiger partial charge >= 0.3 is 0 Å². The van der Waals surface area contributed by atoms with Gasteiger partial charge < -0.3 is 14.6 Å². The number of rotatable bonds is 7. The fraction of sp³-hybridized carbons (Fsp3) is 0.211. The minimum Gasteiger partial charge on any atom is -0.497 e. The summed E-state index contributed by atoms with van der Waals surface area (Å²) in [6.45, 7) is 2.56. The molecule has 2 aromatic carbocycles. The zero-order chi connectivity index (χ0) is 21.0. The molecule has 1 aromatic heterocycles. The summed E-state index contributed by atoms with van der Waals surface area (Å²) in [6.07, 6.45) is 0. The van der Waals surface area contributed by atoms with E-state index in [2.05, 4.69) is 31.4 Å². The van der Waals surface area contributed by atoms with Crippen molar-refractivity contribution in [2.45, 2.75) is 18.6 Å². The highest BCUT2D eigenvalue weighted by atomic mass is 79.9. The number of nitrogens with zero attached hydrogens (tertiary/aromatic N) is 3. The van der Waals surface area contributed by atoms with E-state index in [-0.39, 0.29) is 15.9 Å². The second kappa shape index (κ2) is 9.36. The van der Waals surface area contributed by atoms with Crippen LogP contribution in [0.3, 0.4) is 0 Å². The molecule has 1 amide bonds. The Bertz CT molecular complexity index is 1000. The number of methoxy groups -OCH3 is 1. The van der Waals surface area contributed by atoms with Crippen molar-refractivity contribution in [1.29, 1.82) is 0 Å². The Morgan fingerprint density at radius 3 is 2.59 bits per heavy atom. The zero-order valence-electron chi connectivity index (χ0n) is 15.6. The molecule has 6 nitrogen and oxygen atoms in total. The molecule has 10 heteroatoms. The van der Waals surface area contributed by atoms with Crippen molar-refractivity contribution >= 4 is 39.3 Å². The molecule has 0 saturated heterocycles. The number of hydrogen-bond acceptors (Lipinski definition) is 5. The fourth-order valence-corrected chi connectivity index (χ4v) is 3.91. The Morgan fingerprint density at radius 2 is 1.97 bits per heavy atom. The first-order valence-electron chi connectivity index (χ1n) is 8.57. The van der Waals surface area contributed by atoms with E-state index in [0.717, 1.165) is 17.4 Å². The van der Waals surface area contributed by atoms with Gasteiger partial charge in [-0.1, -0.05) is 11.8 Å². The van der Waals surface area contributed by atoms with Crippen molar-refractivity contribution in [1.82, 2.24) is 14.8 Å². The third kappa shape index (κ3) is 4.94. The van der Waals surface area contributed by atoms with Crippen molar-refractivity contribution in [3.8, 4) is 17.1 Å². The number of hydrogen-bond donors (Lipinski definition) is 1. The lowest BCUT2D eigenvalue weighted by molar-refractivity contribution is -0.113. The summed E-state index contributed by atoms with van der Waals surface area (Å²) < 4.78 is 34.2. The van der Waals surface area contributed by atoms with E-state index in [4.69, 9.17) is 4.74 Å². The highest BCUT2D eigenvalue weighted by Gasteiger charge is 2.17. The van der Waals surface area contributed by atoms with Crippen LogP contribution in [0.25, 0.3) is 11.4 Å². The monoisotopic (exact) mass is 482 g/mol. The van der Waals surface area contributed by atoms with Gasteiger partial charge in [-0.2, -0.15) is 0 Å². The molecule has 0 aliphatic carbocycles. The van der Waals surface area contributed by atoms with Gasteiger partial charge in [-0.15, -0.1) is 10.2 Å². The molecule has 1 N–H and O–H groups in total. The minimum absolute atomic E-state index is 0.00992. The van der Waals surface area contributed by atoms with E-state index < -0.39 is 17.5 Å². The summed E-state index contributed by atoms with van der Waals surface area (Å²) >= 11 is 4.23. The maximum atomic E-state index is 13.9. The van der Waals surface area contributed by atoms with Crippen molar-refractivity contribution in [3.05, 3.63) is 52.5 Å². The van der Waals surface area contributed by atoms with Crippen LogP contribution < -0.4 is 10.1 Å². The number of thioether (sulfide) groups is 1. The Kier molecular flexibility index (Phi) is 6.86. The SMILES string of the molecule is CCn1c(SCC(=O)Nc2c(F)cc(F)cc2Br)nnc1-c1ccc(OC)cc1. The predicted octanol–water partition coefficient (Wildman–Crippen LogP) is 4.75. The van der Waals surface area contributed by atoms with Crippen molar-refractivity contribution in [3.63, 3.8) is 0 Å². The molecule has 0 unspecified atom stereocenters. The van der Waals surface area contributed by atoms with Gasteiger partial charge in [-0.05, 0) is 53.2 Å². The zero-order valence-corrected chi connectivity index (χ0v) is 18.0. The number of anilines is 1. The lowest BCUT2D eigenvalue weighted by Crippen LogP contribution is -2.16. The molecule has 0 saturated carbocycles. The van der Waals surface area contributed by atoms with Gasteiger partial charge in [0.25, 0.3) is 0 Å². The first kappa shape index (κ1) is 21.3. The van der Waals surface area contributed by atoms with Gasteiger partial charge in [0, 0.05) is 22.6 Å². The fourth-order valence-electron chi connectivity index (χ4n) is 2.60. The average molecular weight is 483 g/mol. The number of amides is 1. The van der Waals surface area contributed by atoms with Crippen molar-refractivity contribution in [2.24, 2.45) is 0 Å². The summed E-state index contributed by atoms with van der Waals surface area (Å²) in [5, 5.41) is 11.4. The Hall–Kier alpha value is -2.46. The van der Waals surface area contributed by atoms with Gasteiger partial charge in [-0.3, -0.25) is 4.79 Å². The van der Waals surface area contributed by atoms with E-state index in [1.54, 1.807) is 7.11 Å². The van der Waals surface area contributed by atoms with Crippen LogP contribution in [-0.4, -0.2) is 33.5 Å². The molecular formula is C19H17BrF2N4O2S. The maximum Gasteiger partial charge on any atom is 0.234 e. The topological polar surface area (TPSA) is 69.0 Å². The van der Waals surface area contributed by atoms with E-state index >= 15 is 0 Å². The largest absolute Gasteiger partial charge is 0.497 e. The number of benzene rings is 2. The van der Waals surface area contributed by atoms with Gasteiger partial charge in [0.1, 0.15) is 11.6 Å². The van der Waals surface area contributed by atoms with Crippen LogP contribution in [0.15, 0.2) is 46.0 Å². The molecule has 0 fully saturated rings. The van der Waals surface area contributed by atoms with Gasteiger partial charge in [0.15, 0.2) is 16.8 Å². The molecule has 3 aromatic rings. The number of halogens is 3. The summed E-state index contributed by atoms with van der Waals surface area (Å²) in [6, 6.07) is 9.22. The highest BCUT2D eigenvalue weighted by molar-refractivity contribution is 9.10. The summed E-state index contributed by atoms with van der Waals surface area (Å²) in [5.41, 5.74) is 0.765. The third-order valence-electron chi connectivity index (χ3n) is 3.98. The quantitative estimate of drug-likeness (QED) is 0.492. The minimum atomic E-state index is -0.853. The van der Waals surface area contributed by atoms with Crippen LogP contribution in [0.4, 0.5) is 14.5 Å². The molecule has 0 radical (unpaired) electrons. The van der Waals surface area contributed by atoms with Crippen LogP contribution in [0.1, 0.15) is 6.92 Å². The molecule has 0 aliphatic heterocycles. The van der Waals surface area contributed by atoms with Crippen LogP contribution in [0.2, 0.25) is 0 Å². The van der Waals surface area contributed by atoms with Crippen LogP contribution in [0, 0.1) is 11.6 Å². The first-order chi connectivity index (χ1) is 13.9. The van der Waals surface area contributed by atoms with Gasteiger partial charge in [-0.25, -0.2) is 8.78 Å². The molecule has 0 bridgehead atoms. The number of nitrogens with one attached hydrogen (secondary N) is 1. The van der Waals surface area contributed by atoms with Crippen molar-refractivity contribution < 1.29 is 18.3 Å². The van der Waals surface area contributed by atoms with Crippen LogP contribution >= 0.6 is 27.7 Å². The summed E-state index contributed by atoms with van der Waals surface area (Å²) in [7, 11) is 1.60. The van der Waals surface area contributed by atoms with Crippen LogP contribution in [0.5, 0.6) is 5.75 Å². The molecule has 0 spiro atoms. The second-order valence-electron chi connectivity index (χ2n) is 5.86. The average Bonchev–Trinajstić information content (AvgIpc) is 3.12. The number of ether oxygens (including phenoxy) is 1. The lowest BCUT2D eigenvalue weighted by atomic mass is 10.2. The lowest BCUT2D eigenvalue weighted by Gasteiger charge is -2.10. The Morgan fingerprint density at radius 1 is 1.24 bits per heavy atom. The smallest absolute Gasteiger partial charge is 0.234 e. The van der Waals surface area contributed by atoms with E-state index in [1.165, 1.54) is 11.8 Å². The Labute approximate surface area is 178 Å². The summed E-state index contributed by atoms with van der Waals surface area (Å²) in [5.74, 6) is -0.632. The molecular weight excluding hydrogens is 466 g/mol. The molecule has 0 atom stereocenters. The molecule has 3 rings (SSSR count). The van der Waals surface area contributed by atoms with E-state index in [0.29, 0.717) is 23.6 Å². The standard InChI is InChI=1S/C19H17BrF2N4O2S/c1-3-26-18(11-4-6-13(28-2)7-5-11)24-25-19(26)29-10-16(27)23-17-14(20)8-12(21)9-15(17)22/h4-9H,3,10H2,1-2H3,(H,23,27). The van der Waals surface area contributed by atoms with Crippen molar-refractivity contribution in [2.75, 3.05) is 18.2 Å². The molecule has 152 valence electrons. The van der Waals surface area contributed by atoms with E-state index in [1.807, 2.05) is 35.8 Å². The predicted molar refractivity (Wildman–Crippen MR) is 111 cm³/mol. The third-order valence-corrected chi connectivity index (χ3v) is 5.58. The maximum absolute atomic E-state index is 13.9. The van der Waals surface area contributed by atoms with Gasteiger partial charge in [0.05, 0.1) is 18.6 Å². The number of carbonyl (C=O) groups is 1. The number of aromatic nitrogens is 3. The highest BCUT2D eigenvalue weighted by Crippen LogP contribution is 2.28. The normalized spacial score (nSPS) is 10.8. The number of carbonyl (C=O) groups excluding carboxylic acids is 1. The van der Waals surface area contributed by atoms with Crippen LogP contribution in [-0.2, 0) is 11.3 Å². The van der Waals surface area contributed by atoms with E-state index in [9.17, 15) is 13.6 Å². The first-order valence-corrected chi connectivity index (χ1v) is 10.4.